The van der Waals surface area contributed by atoms with Crippen LogP contribution in [-0.4, -0.2) is 20.6 Å². The van der Waals surface area contributed by atoms with Gasteiger partial charge < -0.3 is 4.57 Å². The summed E-state index contributed by atoms with van der Waals surface area (Å²) in [5, 5.41) is -0.321. The molecule has 1 aliphatic rings. The average Bonchev–Trinajstić information content (AvgIpc) is 3.16. The van der Waals surface area contributed by atoms with Gasteiger partial charge in [-0.15, -0.1) is 0 Å². The third-order valence-electron chi connectivity index (χ3n) is 5.56. The highest BCUT2D eigenvalue weighted by Gasteiger charge is 2.35. The Balaban J connectivity index is 1.65. The monoisotopic (exact) mass is 512 g/mol. The molecule has 0 N–H and O–H groups in total. The van der Waals surface area contributed by atoms with E-state index in [9.17, 15) is 14.0 Å². The van der Waals surface area contributed by atoms with E-state index < -0.39 is 0 Å². The molecule has 2 heterocycles. The second-order valence-electron chi connectivity index (χ2n) is 7.95. The van der Waals surface area contributed by atoms with E-state index in [1.54, 1.807) is 18.2 Å². The molecule has 1 aliphatic heterocycles. The fourth-order valence-electron chi connectivity index (χ4n) is 3.93. The highest BCUT2D eigenvalue weighted by molar-refractivity contribution is 9.10. The van der Waals surface area contributed by atoms with Crippen LogP contribution in [0, 0.1) is 33.5 Å². The highest BCUT2D eigenvalue weighted by atomic mass is 79.9. The Morgan fingerprint density at radius 1 is 1.00 bits per heavy atom. The van der Waals surface area contributed by atoms with Crippen LogP contribution in [0.2, 0.25) is 0 Å². The zero-order valence-corrected chi connectivity index (χ0v) is 20.6. The van der Waals surface area contributed by atoms with Crippen molar-refractivity contribution in [1.29, 1.82) is 0 Å². The van der Waals surface area contributed by atoms with E-state index in [-0.39, 0.29) is 23.5 Å². The molecule has 0 atom stereocenters. The van der Waals surface area contributed by atoms with Gasteiger partial charge >= 0.3 is 0 Å². The summed E-state index contributed by atoms with van der Waals surface area (Å²) in [5.41, 5.74) is 6.99. The van der Waals surface area contributed by atoms with Gasteiger partial charge in [-0.1, -0.05) is 28.1 Å². The number of hydrogen-bond donors (Lipinski definition) is 0. The average molecular weight is 513 g/mol. The van der Waals surface area contributed by atoms with Gasteiger partial charge in [-0.25, -0.2) is 4.39 Å². The molecule has 4 rings (SSSR count). The molecule has 1 aromatic heterocycles. The van der Waals surface area contributed by atoms with Crippen LogP contribution < -0.4 is 0 Å². The summed E-state index contributed by atoms with van der Waals surface area (Å²) in [6, 6.07) is 12.1. The second kappa shape index (κ2) is 8.71. The van der Waals surface area contributed by atoms with Gasteiger partial charge in [0, 0.05) is 21.5 Å². The van der Waals surface area contributed by atoms with Crippen LogP contribution in [0.1, 0.15) is 33.6 Å². The minimum absolute atomic E-state index is 0.124. The third-order valence-corrected chi connectivity index (χ3v) is 7.72. The summed E-state index contributed by atoms with van der Waals surface area (Å²) in [7, 11) is 0. The molecule has 0 bridgehead atoms. The van der Waals surface area contributed by atoms with Crippen molar-refractivity contribution in [1.82, 2.24) is 9.47 Å². The normalized spacial score (nSPS) is 15.3. The predicted octanol–water partition coefficient (Wildman–Crippen LogP) is 6.85. The summed E-state index contributed by atoms with van der Waals surface area (Å²) in [6.07, 6.45) is 1.78. The number of thioether (sulfide) groups is 1. The summed E-state index contributed by atoms with van der Waals surface area (Å²) < 4.78 is 16.4. The van der Waals surface area contributed by atoms with Gasteiger partial charge in [0.25, 0.3) is 11.1 Å². The fourth-order valence-corrected chi connectivity index (χ4v) is 4.99. The molecule has 1 saturated heterocycles. The molecule has 0 aliphatic carbocycles. The maximum Gasteiger partial charge on any atom is 0.293 e. The third kappa shape index (κ3) is 4.19. The first-order valence-corrected chi connectivity index (χ1v) is 11.7. The van der Waals surface area contributed by atoms with Crippen molar-refractivity contribution in [3.63, 3.8) is 0 Å². The van der Waals surface area contributed by atoms with E-state index >= 15 is 0 Å². The number of hydrogen-bond acceptors (Lipinski definition) is 3. The van der Waals surface area contributed by atoms with Crippen LogP contribution in [0.25, 0.3) is 11.8 Å². The Morgan fingerprint density at radius 3 is 2.25 bits per heavy atom. The summed E-state index contributed by atoms with van der Waals surface area (Å²) >= 11 is 4.55. The maximum atomic E-state index is 13.2. The maximum absolute atomic E-state index is 13.2. The van der Waals surface area contributed by atoms with Crippen molar-refractivity contribution < 1.29 is 14.0 Å². The van der Waals surface area contributed by atoms with Gasteiger partial charge in [0.15, 0.2) is 0 Å². The number of carbonyl (C=O) groups is 2. The van der Waals surface area contributed by atoms with Crippen molar-refractivity contribution in [3.8, 4) is 5.69 Å². The van der Waals surface area contributed by atoms with Gasteiger partial charge in [0.2, 0.25) is 0 Å². The van der Waals surface area contributed by atoms with E-state index in [1.165, 1.54) is 17.0 Å². The van der Waals surface area contributed by atoms with Gasteiger partial charge in [0.1, 0.15) is 5.82 Å². The molecule has 0 saturated carbocycles. The van der Waals surface area contributed by atoms with E-state index in [1.807, 2.05) is 19.9 Å². The molecule has 0 spiro atoms. The van der Waals surface area contributed by atoms with E-state index in [0.29, 0.717) is 10.5 Å². The lowest BCUT2D eigenvalue weighted by molar-refractivity contribution is -0.123. The lowest BCUT2D eigenvalue weighted by Crippen LogP contribution is -2.27. The first kappa shape index (κ1) is 22.6. The van der Waals surface area contributed by atoms with Gasteiger partial charge in [-0.3, -0.25) is 14.5 Å². The van der Waals surface area contributed by atoms with E-state index in [2.05, 4.69) is 46.5 Å². The Bertz CT molecular complexity index is 1250. The summed E-state index contributed by atoms with van der Waals surface area (Å²) in [5.74, 6) is -0.682. The minimum Gasteiger partial charge on any atom is -0.318 e. The molecule has 3 aromatic rings. The minimum atomic E-state index is -0.352. The number of benzene rings is 2. The number of nitrogens with zero attached hydrogens (tertiary/aromatic N) is 2. The van der Waals surface area contributed by atoms with Crippen LogP contribution in [0.4, 0.5) is 9.18 Å². The number of aryl methyl sites for hydroxylation is 3. The fraction of sp³-hybridized carbons (Fsp3) is 0.200. The zero-order chi connectivity index (χ0) is 23.2. The molecule has 32 heavy (non-hydrogen) atoms. The topological polar surface area (TPSA) is 42.3 Å². The summed E-state index contributed by atoms with van der Waals surface area (Å²) in [4.78, 5) is 27.0. The molecular formula is C25H22BrFN2O2S. The number of imide groups is 1. The molecule has 164 valence electrons. The van der Waals surface area contributed by atoms with E-state index in [0.717, 1.165) is 50.0 Å². The molecule has 1 fully saturated rings. The SMILES string of the molecule is Cc1cc(-n2c(C)cc(/C=C3\SC(=O)N(Cc4ccc(F)cc4)C3=O)c2C)cc(C)c1Br. The molecule has 2 aromatic carbocycles. The van der Waals surface area contributed by atoms with Crippen LogP contribution in [0.3, 0.4) is 0 Å². The lowest BCUT2D eigenvalue weighted by Gasteiger charge is -2.13. The van der Waals surface area contributed by atoms with Crippen LogP contribution in [0.15, 0.2) is 51.8 Å². The number of halogens is 2. The zero-order valence-electron chi connectivity index (χ0n) is 18.2. The molecule has 0 unspecified atom stereocenters. The summed E-state index contributed by atoms with van der Waals surface area (Å²) in [6.45, 7) is 8.28. The Hall–Kier alpha value is -2.64. The largest absolute Gasteiger partial charge is 0.318 e. The van der Waals surface area contributed by atoms with Gasteiger partial charge in [-0.2, -0.15) is 0 Å². The Morgan fingerprint density at radius 2 is 1.62 bits per heavy atom. The first-order valence-electron chi connectivity index (χ1n) is 10.1. The highest BCUT2D eigenvalue weighted by Crippen LogP contribution is 2.35. The number of carbonyl (C=O) groups excluding carboxylic acids is 2. The Labute approximate surface area is 199 Å². The van der Waals surface area contributed by atoms with Gasteiger partial charge in [-0.05, 0) is 98.1 Å². The standard InChI is InChI=1S/C25H22BrFN2O2S/c1-14-9-21(10-15(2)23(14)26)29-16(3)11-19(17(29)4)12-22-24(30)28(25(31)32-22)13-18-5-7-20(27)8-6-18/h5-12H,13H2,1-4H3/b22-12-. The molecule has 7 heteroatoms. The quantitative estimate of drug-likeness (QED) is 0.359. The molecule has 2 amide bonds. The molecular weight excluding hydrogens is 491 g/mol. The second-order valence-corrected chi connectivity index (χ2v) is 9.74. The van der Waals surface area contributed by atoms with Gasteiger partial charge in [0.05, 0.1) is 11.4 Å². The number of amides is 2. The Kier molecular flexibility index (Phi) is 6.14. The van der Waals surface area contributed by atoms with Crippen molar-refractivity contribution in [2.45, 2.75) is 34.2 Å². The van der Waals surface area contributed by atoms with Crippen molar-refractivity contribution >= 4 is 44.9 Å². The molecule has 0 radical (unpaired) electrons. The van der Waals surface area contributed by atoms with Crippen molar-refractivity contribution in [2.75, 3.05) is 0 Å². The van der Waals surface area contributed by atoms with E-state index in [4.69, 9.17) is 0 Å². The van der Waals surface area contributed by atoms with Crippen LogP contribution in [-0.2, 0) is 11.3 Å². The molecule has 4 nitrogen and oxygen atoms in total. The number of rotatable bonds is 4. The van der Waals surface area contributed by atoms with Crippen LogP contribution in [0.5, 0.6) is 0 Å². The lowest BCUT2D eigenvalue weighted by atomic mass is 10.1. The smallest absolute Gasteiger partial charge is 0.293 e. The van der Waals surface area contributed by atoms with Crippen molar-refractivity contribution in [3.05, 3.63) is 91.3 Å². The number of aromatic nitrogens is 1. The van der Waals surface area contributed by atoms with Crippen molar-refractivity contribution in [2.24, 2.45) is 0 Å². The van der Waals surface area contributed by atoms with Crippen LogP contribution >= 0.6 is 27.7 Å². The predicted molar refractivity (Wildman–Crippen MR) is 130 cm³/mol. The first-order chi connectivity index (χ1) is 15.2.